The van der Waals surface area contributed by atoms with Crippen molar-refractivity contribution in [3.05, 3.63) is 35.2 Å². The van der Waals surface area contributed by atoms with Crippen molar-refractivity contribution in [2.75, 3.05) is 26.2 Å². The molecule has 0 saturated carbocycles. The van der Waals surface area contributed by atoms with Crippen LogP contribution < -0.4 is 0 Å². The topological polar surface area (TPSA) is 61.6 Å². The first-order valence-electron chi connectivity index (χ1n) is 11.4. The Hall–Kier alpha value is -2.13. The first kappa shape index (κ1) is 23.0. The summed E-state index contributed by atoms with van der Waals surface area (Å²) < 4.78 is 41.1. The molecule has 4 rings (SSSR count). The molecule has 1 aromatic rings. The number of amides is 1. The van der Waals surface area contributed by atoms with E-state index in [4.69, 9.17) is 0 Å². The van der Waals surface area contributed by atoms with Gasteiger partial charge in [0, 0.05) is 44.3 Å². The number of hydrogen-bond acceptors (Lipinski definition) is 4. The maximum Gasteiger partial charge on any atom is 0.395 e. The summed E-state index contributed by atoms with van der Waals surface area (Å²) in [5, 5.41) is 14.1. The fourth-order valence-electron chi connectivity index (χ4n) is 5.12. The molecule has 0 spiro atoms. The van der Waals surface area contributed by atoms with Crippen LogP contribution in [0, 0.1) is 19.8 Å². The lowest BCUT2D eigenvalue weighted by Crippen LogP contribution is -2.49. The van der Waals surface area contributed by atoms with Crippen LogP contribution in [-0.4, -0.2) is 75.1 Å². The quantitative estimate of drug-likeness (QED) is 0.762. The van der Waals surface area contributed by atoms with Gasteiger partial charge in [-0.3, -0.25) is 4.79 Å². The predicted molar refractivity (Wildman–Crippen MR) is 115 cm³/mol. The Morgan fingerprint density at radius 3 is 2.38 bits per heavy atom. The second kappa shape index (κ2) is 9.02. The number of alkyl halides is 3. The minimum Gasteiger partial charge on any atom is -0.393 e. The van der Waals surface area contributed by atoms with Crippen LogP contribution in [0.3, 0.4) is 0 Å². The maximum atomic E-state index is 13.3. The number of halogens is 3. The third-order valence-electron chi connectivity index (χ3n) is 7.03. The summed E-state index contributed by atoms with van der Waals surface area (Å²) >= 11 is 0. The van der Waals surface area contributed by atoms with Crippen LogP contribution in [0.5, 0.6) is 0 Å². The standard InChI is InChI=1S/C23H31F3N4O2/c1-15-21(16(2)30(27-15)19-5-3-4-17(14-19)23(24,25)26)22(32)29-10-6-18(7-11-29)28-12-8-20(31)9-13-28/h3-5,17-18,20,31H,6-14H2,1-2H3. The van der Waals surface area contributed by atoms with Gasteiger partial charge in [-0.15, -0.1) is 0 Å². The molecule has 32 heavy (non-hydrogen) atoms. The van der Waals surface area contributed by atoms with Crippen LogP contribution in [0.4, 0.5) is 13.2 Å². The molecule has 2 fully saturated rings. The van der Waals surface area contributed by atoms with Crippen LogP contribution in [0.15, 0.2) is 18.2 Å². The lowest BCUT2D eigenvalue weighted by Gasteiger charge is -2.41. The van der Waals surface area contributed by atoms with Gasteiger partial charge in [0.1, 0.15) is 0 Å². The molecular weight excluding hydrogens is 421 g/mol. The van der Waals surface area contributed by atoms with E-state index in [1.807, 2.05) is 4.90 Å². The number of aryl methyl sites for hydroxylation is 1. The number of carbonyl (C=O) groups is 1. The van der Waals surface area contributed by atoms with Crippen molar-refractivity contribution >= 4 is 11.6 Å². The fraction of sp³-hybridized carbons (Fsp3) is 0.652. The zero-order valence-electron chi connectivity index (χ0n) is 18.6. The molecule has 9 heteroatoms. The number of hydrogen-bond donors (Lipinski definition) is 1. The summed E-state index contributed by atoms with van der Waals surface area (Å²) in [4.78, 5) is 17.6. The Kier molecular flexibility index (Phi) is 6.49. The van der Waals surface area contributed by atoms with Gasteiger partial charge in [-0.25, -0.2) is 4.68 Å². The number of aliphatic hydroxyl groups is 1. The molecule has 1 aromatic heterocycles. The molecule has 2 saturated heterocycles. The Balaban J connectivity index is 1.44. The first-order valence-corrected chi connectivity index (χ1v) is 11.4. The van der Waals surface area contributed by atoms with Gasteiger partial charge in [-0.05, 0) is 45.6 Å². The largest absolute Gasteiger partial charge is 0.395 e. The van der Waals surface area contributed by atoms with Crippen molar-refractivity contribution in [2.45, 2.75) is 64.3 Å². The van der Waals surface area contributed by atoms with E-state index in [-0.39, 0.29) is 18.4 Å². The van der Waals surface area contributed by atoms with Crippen LogP contribution in [-0.2, 0) is 0 Å². The third kappa shape index (κ3) is 4.64. The molecule has 1 N–H and O–H groups in total. The molecule has 0 aromatic carbocycles. The smallest absolute Gasteiger partial charge is 0.393 e. The third-order valence-corrected chi connectivity index (χ3v) is 7.03. The van der Waals surface area contributed by atoms with E-state index >= 15 is 0 Å². The highest BCUT2D eigenvalue weighted by Gasteiger charge is 2.39. The van der Waals surface area contributed by atoms with E-state index in [1.54, 1.807) is 19.9 Å². The van der Waals surface area contributed by atoms with E-state index in [0.717, 1.165) is 44.8 Å². The van der Waals surface area contributed by atoms with Gasteiger partial charge in [-0.2, -0.15) is 18.3 Å². The van der Waals surface area contributed by atoms with Gasteiger partial charge < -0.3 is 14.9 Å². The molecular formula is C23H31F3N4O2. The first-order chi connectivity index (χ1) is 15.1. The number of rotatable bonds is 3. The van der Waals surface area contributed by atoms with E-state index < -0.39 is 12.1 Å². The zero-order valence-corrected chi connectivity index (χ0v) is 18.6. The summed E-state index contributed by atoms with van der Waals surface area (Å²) in [7, 11) is 0. The van der Waals surface area contributed by atoms with Gasteiger partial charge in [0.15, 0.2) is 0 Å². The lowest BCUT2D eigenvalue weighted by molar-refractivity contribution is -0.160. The number of carbonyl (C=O) groups excluding carboxylic acids is 1. The van der Waals surface area contributed by atoms with E-state index in [9.17, 15) is 23.1 Å². The van der Waals surface area contributed by atoms with Gasteiger partial charge in [0.25, 0.3) is 5.91 Å². The monoisotopic (exact) mass is 452 g/mol. The average molecular weight is 453 g/mol. The number of nitrogens with zero attached hydrogens (tertiary/aromatic N) is 4. The van der Waals surface area contributed by atoms with E-state index in [1.165, 1.54) is 10.8 Å². The predicted octanol–water partition coefficient (Wildman–Crippen LogP) is 3.54. The van der Waals surface area contributed by atoms with Gasteiger partial charge in [0.05, 0.1) is 29.0 Å². The Labute approximate surface area is 186 Å². The average Bonchev–Trinajstić information content (AvgIpc) is 3.07. The molecule has 0 bridgehead atoms. The summed E-state index contributed by atoms with van der Waals surface area (Å²) in [5.74, 6) is -1.64. The SMILES string of the molecule is Cc1nn(C2=CC=CC(C(F)(F)F)C2)c(C)c1C(=O)N1CCC(N2CCC(O)CC2)CC1. The number of aliphatic hydroxyl groups excluding tert-OH is 1. The van der Waals surface area contributed by atoms with Crippen LogP contribution in [0.1, 0.15) is 53.8 Å². The molecule has 176 valence electrons. The normalized spacial score (nSPS) is 24.1. The van der Waals surface area contributed by atoms with E-state index in [0.29, 0.717) is 41.8 Å². The lowest BCUT2D eigenvalue weighted by atomic mass is 9.97. The van der Waals surface area contributed by atoms with Crippen LogP contribution in [0.25, 0.3) is 5.70 Å². The van der Waals surface area contributed by atoms with Crippen molar-refractivity contribution in [1.29, 1.82) is 0 Å². The Morgan fingerprint density at radius 2 is 1.75 bits per heavy atom. The van der Waals surface area contributed by atoms with Crippen molar-refractivity contribution in [3.8, 4) is 0 Å². The highest BCUT2D eigenvalue weighted by atomic mass is 19.4. The minimum atomic E-state index is -4.30. The molecule has 2 aliphatic heterocycles. The Bertz CT molecular complexity index is 905. The second-order valence-electron chi connectivity index (χ2n) is 9.14. The number of likely N-dealkylation sites (tertiary alicyclic amines) is 2. The summed E-state index contributed by atoms with van der Waals surface area (Å²) in [6.07, 6.45) is 2.90. The van der Waals surface area contributed by atoms with Crippen LogP contribution in [0.2, 0.25) is 0 Å². The molecule has 1 atom stereocenters. The number of aromatic nitrogens is 2. The molecule has 6 nitrogen and oxygen atoms in total. The fourth-order valence-corrected chi connectivity index (χ4v) is 5.12. The molecule has 1 amide bonds. The van der Waals surface area contributed by atoms with Crippen molar-refractivity contribution in [2.24, 2.45) is 5.92 Å². The van der Waals surface area contributed by atoms with Crippen molar-refractivity contribution in [3.63, 3.8) is 0 Å². The molecule has 3 heterocycles. The summed E-state index contributed by atoms with van der Waals surface area (Å²) in [6.45, 7) is 6.58. The van der Waals surface area contributed by atoms with Crippen molar-refractivity contribution in [1.82, 2.24) is 19.6 Å². The highest BCUT2D eigenvalue weighted by Crippen LogP contribution is 2.36. The van der Waals surface area contributed by atoms with Crippen LogP contribution >= 0.6 is 0 Å². The van der Waals surface area contributed by atoms with E-state index in [2.05, 4.69) is 10.00 Å². The van der Waals surface area contributed by atoms with Gasteiger partial charge in [-0.1, -0.05) is 12.2 Å². The van der Waals surface area contributed by atoms with Gasteiger partial charge in [0.2, 0.25) is 0 Å². The molecule has 1 aliphatic carbocycles. The molecule has 1 unspecified atom stereocenters. The maximum absolute atomic E-state index is 13.3. The zero-order chi connectivity index (χ0) is 23.0. The number of piperidine rings is 2. The minimum absolute atomic E-state index is 0.0990. The Morgan fingerprint density at radius 1 is 1.09 bits per heavy atom. The van der Waals surface area contributed by atoms with Gasteiger partial charge >= 0.3 is 6.18 Å². The molecule has 0 radical (unpaired) electrons. The molecule has 3 aliphatic rings. The summed E-state index contributed by atoms with van der Waals surface area (Å²) in [5.41, 5.74) is 2.06. The second-order valence-corrected chi connectivity index (χ2v) is 9.14. The highest BCUT2D eigenvalue weighted by molar-refractivity contribution is 5.96. The van der Waals surface area contributed by atoms with Crippen molar-refractivity contribution < 1.29 is 23.1 Å². The number of allylic oxidation sites excluding steroid dienone is 4. The summed E-state index contributed by atoms with van der Waals surface area (Å²) in [6, 6.07) is 0.426.